The van der Waals surface area contributed by atoms with Crippen LogP contribution in [0.4, 0.5) is 0 Å². The topological polar surface area (TPSA) is 12.0 Å². The molecule has 1 N–H and O–H groups in total. The molecular weight excluding hydrogens is 389 g/mol. The van der Waals surface area contributed by atoms with E-state index in [0.717, 1.165) is 6.42 Å². The van der Waals surface area contributed by atoms with Crippen molar-refractivity contribution in [3.63, 3.8) is 0 Å². The van der Waals surface area contributed by atoms with E-state index in [1.54, 1.807) is 0 Å². The van der Waals surface area contributed by atoms with Gasteiger partial charge in [-0.2, -0.15) is 0 Å². The molecule has 0 amide bonds. The molecule has 0 saturated heterocycles. The fourth-order valence-corrected chi connectivity index (χ4v) is 13.0. The van der Waals surface area contributed by atoms with E-state index in [1.165, 1.54) is 15.9 Å². The summed E-state index contributed by atoms with van der Waals surface area (Å²) in [5.41, 5.74) is 0. The predicted octanol–water partition coefficient (Wildman–Crippen LogP) is 4.78. The first-order chi connectivity index (χ1) is 12.2. The molecular formula is C22H25BrNP. The Morgan fingerprint density at radius 2 is 1.04 bits per heavy atom. The maximum absolute atomic E-state index is 4.47. The van der Waals surface area contributed by atoms with Crippen LogP contribution in [0.3, 0.4) is 0 Å². The normalized spacial score (nSPS) is 14.4. The first kappa shape index (κ1) is 18.3. The van der Waals surface area contributed by atoms with Gasteiger partial charge in [-0.05, 0) is 0 Å². The second-order valence-corrected chi connectivity index (χ2v) is 15.0. The van der Waals surface area contributed by atoms with E-state index >= 15 is 0 Å². The van der Waals surface area contributed by atoms with Crippen LogP contribution < -0.4 is 21.2 Å². The zero-order valence-electron chi connectivity index (χ0n) is 14.8. The van der Waals surface area contributed by atoms with E-state index in [2.05, 4.69) is 126 Å². The van der Waals surface area contributed by atoms with Gasteiger partial charge < -0.3 is 0 Å². The van der Waals surface area contributed by atoms with E-state index in [9.17, 15) is 0 Å². The Labute approximate surface area is 159 Å². The number of hydrogen-bond donors (Lipinski definition) is 1. The molecule has 25 heavy (non-hydrogen) atoms. The zero-order valence-corrected chi connectivity index (χ0v) is 17.3. The molecule has 1 atom stereocenters. The molecule has 1 nitrogen and oxygen atoms in total. The van der Waals surface area contributed by atoms with E-state index in [0.29, 0.717) is 5.78 Å². The maximum atomic E-state index is 4.47. The summed E-state index contributed by atoms with van der Waals surface area (Å²) in [6, 6.07) is 32.8. The first-order valence-electron chi connectivity index (χ1n) is 8.73. The van der Waals surface area contributed by atoms with Gasteiger partial charge in [0.05, 0.1) is 0 Å². The Balaban J connectivity index is 2.49. The van der Waals surface area contributed by atoms with Gasteiger partial charge in [-0.3, -0.25) is 0 Å². The fourth-order valence-electron chi connectivity index (χ4n) is 3.93. The number of rotatable bonds is 6. The van der Waals surface area contributed by atoms with Gasteiger partial charge in [-0.25, -0.2) is 0 Å². The fraction of sp³-hybridized carbons (Fsp3) is 0.182. The van der Waals surface area contributed by atoms with Gasteiger partial charge in [0.2, 0.25) is 0 Å². The van der Waals surface area contributed by atoms with Gasteiger partial charge in [0.15, 0.2) is 0 Å². The van der Waals surface area contributed by atoms with Crippen LogP contribution in [0.25, 0.3) is 0 Å². The van der Waals surface area contributed by atoms with E-state index < -0.39 is 5.31 Å². The summed E-state index contributed by atoms with van der Waals surface area (Å²) in [5, 5.41) is 4.83. The molecule has 0 fully saturated rings. The molecule has 130 valence electrons. The molecule has 3 aromatic rings. The summed E-state index contributed by atoms with van der Waals surface area (Å²) >= 11 is 4.47. The average molecular weight is 414 g/mol. The van der Waals surface area contributed by atoms with Gasteiger partial charge in [0.1, 0.15) is 0 Å². The van der Waals surface area contributed by atoms with Crippen LogP contribution in [0.2, 0.25) is 0 Å². The second kappa shape index (κ2) is 7.41. The van der Waals surface area contributed by atoms with Gasteiger partial charge >= 0.3 is 159 Å². The molecule has 3 rings (SSSR count). The van der Waals surface area contributed by atoms with Crippen LogP contribution >= 0.6 is 20.8 Å². The SMILES string of the molecule is CCC(NC)P(Br)(c1ccccc1)(c1ccccc1)c1ccccc1. The van der Waals surface area contributed by atoms with Crippen LogP contribution in [0, 0.1) is 0 Å². The van der Waals surface area contributed by atoms with Crippen molar-refractivity contribution < 1.29 is 0 Å². The van der Waals surface area contributed by atoms with Crippen LogP contribution in [0.5, 0.6) is 0 Å². The van der Waals surface area contributed by atoms with Crippen molar-refractivity contribution in [2.45, 2.75) is 19.1 Å². The molecule has 0 aliphatic rings. The summed E-state index contributed by atoms with van der Waals surface area (Å²) in [5.74, 6) is 0.290. The number of benzene rings is 3. The summed E-state index contributed by atoms with van der Waals surface area (Å²) in [4.78, 5) is 0. The van der Waals surface area contributed by atoms with Crippen molar-refractivity contribution in [2.24, 2.45) is 0 Å². The third-order valence-corrected chi connectivity index (χ3v) is 16.0. The van der Waals surface area contributed by atoms with Crippen molar-refractivity contribution in [2.75, 3.05) is 7.05 Å². The van der Waals surface area contributed by atoms with E-state index in [1.807, 2.05) is 0 Å². The summed E-state index contributed by atoms with van der Waals surface area (Å²) in [6.45, 7) is 2.26. The van der Waals surface area contributed by atoms with Crippen LogP contribution in [0.15, 0.2) is 91.0 Å². The monoisotopic (exact) mass is 413 g/mol. The van der Waals surface area contributed by atoms with Crippen LogP contribution in [-0.2, 0) is 0 Å². The molecule has 3 heteroatoms. The molecule has 0 radical (unpaired) electrons. The minimum atomic E-state index is -2.87. The summed E-state index contributed by atoms with van der Waals surface area (Å²) in [6.07, 6.45) is 1.03. The van der Waals surface area contributed by atoms with Gasteiger partial charge in [-0.15, -0.1) is 0 Å². The van der Waals surface area contributed by atoms with Crippen molar-refractivity contribution in [1.29, 1.82) is 0 Å². The molecule has 0 spiro atoms. The molecule has 0 saturated carbocycles. The van der Waals surface area contributed by atoms with E-state index in [4.69, 9.17) is 0 Å². The number of hydrogen-bond acceptors (Lipinski definition) is 1. The van der Waals surface area contributed by atoms with Gasteiger partial charge in [0, 0.05) is 0 Å². The molecule has 1 unspecified atom stereocenters. The third kappa shape index (κ3) is 2.77. The quantitative estimate of drug-likeness (QED) is 0.573. The predicted molar refractivity (Wildman–Crippen MR) is 117 cm³/mol. The standard InChI is InChI=1S/C22H25BrNP/c1-3-22(24-2)25(23,19-13-7-4-8-14-19,20-15-9-5-10-16-20)21-17-11-6-12-18-21/h4-18,22,24H,3H2,1-2H3. The van der Waals surface area contributed by atoms with Crippen molar-refractivity contribution in [3.05, 3.63) is 91.0 Å². The van der Waals surface area contributed by atoms with Crippen LogP contribution in [0.1, 0.15) is 13.3 Å². The summed E-state index contributed by atoms with van der Waals surface area (Å²) in [7, 11) is 2.08. The molecule has 0 aromatic heterocycles. The third-order valence-electron chi connectivity index (χ3n) is 5.09. The Morgan fingerprint density at radius 1 is 0.720 bits per heavy atom. The molecule has 0 aliphatic carbocycles. The minimum absolute atomic E-state index is 0.290. The van der Waals surface area contributed by atoms with Gasteiger partial charge in [-0.1, -0.05) is 0 Å². The van der Waals surface area contributed by atoms with Crippen LogP contribution in [-0.4, -0.2) is 12.8 Å². The molecule has 0 bridgehead atoms. The Bertz CT molecular complexity index is 702. The Kier molecular flexibility index (Phi) is 5.43. The van der Waals surface area contributed by atoms with Crippen molar-refractivity contribution in [1.82, 2.24) is 5.32 Å². The zero-order chi connectivity index (χ0) is 17.8. The number of nitrogens with one attached hydrogen (secondary N) is 1. The van der Waals surface area contributed by atoms with Gasteiger partial charge in [0.25, 0.3) is 0 Å². The number of halogens is 1. The Morgan fingerprint density at radius 3 is 1.28 bits per heavy atom. The van der Waals surface area contributed by atoms with Crippen molar-refractivity contribution >= 4 is 36.7 Å². The molecule has 3 aromatic carbocycles. The first-order valence-corrected chi connectivity index (χ1v) is 13.1. The molecule has 0 heterocycles. The Hall–Kier alpha value is -1.47. The van der Waals surface area contributed by atoms with Crippen molar-refractivity contribution in [3.8, 4) is 0 Å². The second-order valence-electron chi connectivity index (χ2n) is 6.29. The average Bonchev–Trinajstić information content (AvgIpc) is 2.71. The van der Waals surface area contributed by atoms with E-state index in [-0.39, 0.29) is 0 Å². The molecule has 0 aliphatic heterocycles. The summed E-state index contributed by atoms with van der Waals surface area (Å²) < 4.78 is 0.